The number of aliphatic carboxylic acids is 1. The Labute approximate surface area is 179 Å². The van der Waals surface area contributed by atoms with Crippen LogP contribution in [0.2, 0.25) is 0 Å². The van der Waals surface area contributed by atoms with Crippen molar-refractivity contribution in [3.8, 4) is 0 Å². The Morgan fingerprint density at radius 1 is 1.14 bits per heavy atom. The molecule has 0 aliphatic carbocycles. The molecule has 0 aliphatic heterocycles. The van der Waals surface area contributed by atoms with Gasteiger partial charge >= 0.3 is 12.1 Å². The summed E-state index contributed by atoms with van der Waals surface area (Å²) in [4.78, 5) is 28.3. The Kier molecular flexibility index (Phi) is 8.34. The molecule has 2 aromatic carbocycles. The fraction of sp³-hybridized carbons (Fsp3) is 0.261. The summed E-state index contributed by atoms with van der Waals surface area (Å²) >= 11 is 3.42. The van der Waals surface area contributed by atoms with Gasteiger partial charge in [0, 0.05) is 10.9 Å². The average Bonchev–Trinajstić information content (AvgIpc) is 2.69. The lowest BCUT2D eigenvalue weighted by molar-refractivity contribution is -0.132. The molecule has 0 atom stereocenters. The zero-order valence-electron chi connectivity index (χ0n) is 16.7. The number of carboxylic acids is 1. The number of carboxylic acid groups (broad SMARTS) is 1. The van der Waals surface area contributed by atoms with Crippen LogP contribution in [0.1, 0.15) is 37.0 Å². The minimum absolute atomic E-state index is 0.0616. The first-order valence-corrected chi connectivity index (χ1v) is 10.1. The lowest BCUT2D eigenvalue weighted by Gasteiger charge is -2.13. The number of nitrogens with zero attached hydrogens (tertiary/aromatic N) is 1. The van der Waals surface area contributed by atoms with Crippen molar-refractivity contribution in [1.29, 1.82) is 0 Å². The molecule has 2 rings (SSSR count). The van der Waals surface area contributed by atoms with Crippen LogP contribution in [0.15, 0.2) is 69.1 Å². The smallest absolute Gasteiger partial charge is 0.434 e. The number of hydrogen-bond acceptors (Lipinski definition) is 3. The number of aryl methyl sites for hydroxylation is 1. The maximum Gasteiger partial charge on any atom is 0.434 e. The van der Waals surface area contributed by atoms with Crippen LogP contribution in [0, 0.1) is 6.92 Å². The molecule has 0 saturated heterocycles. The van der Waals surface area contributed by atoms with E-state index in [0.717, 1.165) is 21.2 Å². The highest BCUT2D eigenvalue weighted by Gasteiger charge is 2.21. The van der Waals surface area contributed by atoms with Crippen LogP contribution in [-0.4, -0.2) is 22.9 Å². The van der Waals surface area contributed by atoms with Gasteiger partial charge in [0.05, 0.1) is 11.3 Å². The van der Waals surface area contributed by atoms with Crippen molar-refractivity contribution in [1.82, 2.24) is 0 Å². The summed E-state index contributed by atoms with van der Waals surface area (Å²) in [5.41, 5.74) is 3.61. The molecular weight excluding hydrogens is 434 g/mol. The molecular formula is C23H24BrNO4. The van der Waals surface area contributed by atoms with E-state index in [1.54, 1.807) is 6.92 Å². The zero-order valence-corrected chi connectivity index (χ0v) is 18.3. The van der Waals surface area contributed by atoms with E-state index in [1.165, 1.54) is 0 Å². The second-order valence-electron chi connectivity index (χ2n) is 6.66. The molecule has 0 fully saturated rings. The zero-order chi connectivity index (χ0) is 21.4. The third-order valence-corrected chi connectivity index (χ3v) is 5.05. The fourth-order valence-corrected chi connectivity index (χ4v) is 3.29. The van der Waals surface area contributed by atoms with Gasteiger partial charge in [-0.3, -0.25) is 0 Å². The van der Waals surface area contributed by atoms with Crippen molar-refractivity contribution >= 4 is 33.7 Å². The molecule has 2 aromatic rings. The molecule has 29 heavy (non-hydrogen) atoms. The number of rotatable bonds is 7. The van der Waals surface area contributed by atoms with Crippen molar-refractivity contribution in [3.63, 3.8) is 0 Å². The van der Waals surface area contributed by atoms with E-state index >= 15 is 0 Å². The Bertz CT molecular complexity index is 949. The molecule has 5 nitrogen and oxygen atoms in total. The van der Waals surface area contributed by atoms with Crippen LogP contribution in [0.4, 0.5) is 4.79 Å². The first-order chi connectivity index (χ1) is 13.8. The molecule has 0 aromatic heterocycles. The van der Waals surface area contributed by atoms with Gasteiger partial charge in [-0.1, -0.05) is 64.8 Å². The molecule has 0 bridgehead atoms. The van der Waals surface area contributed by atoms with Gasteiger partial charge in [0.15, 0.2) is 0 Å². The summed E-state index contributed by atoms with van der Waals surface area (Å²) in [6, 6.07) is 15.0. The summed E-state index contributed by atoms with van der Waals surface area (Å²) in [5.74, 6) is -1.10. The lowest BCUT2D eigenvalue weighted by Crippen LogP contribution is -2.19. The topological polar surface area (TPSA) is 76.0 Å². The molecule has 152 valence electrons. The van der Waals surface area contributed by atoms with E-state index in [0.29, 0.717) is 12.0 Å². The number of aliphatic imine (C=N–C) groups is 1. The molecule has 0 radical (unpaired) electrons. The van der Waals surface area contributed by atoms with E-state index in [-0.39, 0.29) is 24.3 Å². The highest BCUT2D eigenvalue weighted by atomic mass is 79.9. The van der Waals surface area contributed by atoms with Gasteiger partial charge in [-0.05, 0) is 49.1 Å². The van der Waals surface area contributed by atoms with E-state index in [9.17, 15) is 14.7 Å². The van der Waals surface area contributed by atoms with E-state index < -0.39 is 12.1 Å². The summed E-state index contributed by atoms with van der Waals surface area (Å²) in [5, 5.41) is 9.76. The Morgan fingerprint density at radius 2 is 1.83 bits per heavy atom. The Morgan fingerprint density at radius 3 is 2.41 bits per heavy atom. The first-order valence-electron chi connectivity index (χ1n) is 9.28. The van der Waals surface area contributed by atoms with E-state index in [1.807, 2.05) is 62.4 Å². The number of amides is 1. The third kappa shape index (κ3) is 6.68. The maximum atomic E-state index is 12.4. The molecule has 0 heterocycles. The number of allylic oxidation sites excluding steroid dienone is 1. The number of carbonyl (C=O) groups excluding carboxylic acids is 1. The highest BCUT2D eigenvalue weighted by molar-refractivity contribution is 9.10. The van der Waals surface area contributed by atoms with Crippen LogP contribution in [0.3, 0.4) is 0 Å². The monoisotopic (exact) mass is 457 g/mol. The van der Waals surface area contributed by atoms with Crippen molar-refractivity contribution in [3.05, 3.63) is 80.8 Å². The number of benzene rings is 2. The molecule has 1 amide bonds. The normalized spacial score (nSPS) is 12.3. The van der Waals surface area contributed by atoms with Crippen LogP contribution < -0.4 is 0 Å². The highest BCUT2D eigenvalue weighted by Crippen LogP contribution is 2.20. The number of carbonyl (C=O) groups is 2. The number of hydrogen-bond donors (Lipinski definition) is 1. The molecule has 0 unspecified atom stereocenters. The predicted molar refractivity (Wildman–Crippen MR) is 117 cm³/mol. The van der Waals surface area contributed by atoms with Gasteiger partial charge in [0.2, 0.25) is 0 Å². The van der Waals surface area contributed by atoms with E-state index in [4.69, 9.17) is 4.74 Å². The molecule has 1 N–H and O–H groups in total. The SMILES string of the molecule is CCC(C)=C(C(=O)O)C(Cc1ccc(Br)cc1C)=NC(=O)OCc1ccccc1. The fourth-order valence-electron chi connectivity index (χ4n) is 2.81. The summed E-state index contributed by atoms with van der Waals surface area (Å²) in [6.45, 7) is 5.62. The number of ether oxygens (including phenoxy) is 1. The van der Waals surface area contributed by atoms with Crippen molar-refractivity contribution in [2.75, 3.05) is 0 Å². The molecule has 6 heteroatoms. The van der Waals surface area contributed by atoms with Gasteiger partial charge in [-0.15, -0.1) is 0 Å². The van der Waals surface area contributed by atoms with Crippen molar-refractivity contribution in [2.24, 2.45) is 4.99 Å². The first kappa shape index (κ1) is 22.6. The van der Waals surface area contributed by atoms with Crippen LogP contribution in [0.25, 0.3) is 0 Å². The predicted octanol–water partition coefficient (Wildman–Crippen LogP) is 5.89. The molecule has 0 saturated carbocycles. The second kappa shape index (κ2) is 10.7. The number of halogens is 1. The molecule has 0 aliphatic rings. The Hall–Kier alpha value is -2.73. The van der Waals surface area contributed by atoms with Gasteiger partial charge in [0.25, 0.3) is 0 Å². The lowest BCUT2D eigenvalue weighted by atomic mass is 9.95. The van der Waals surface area contributed by atoms with Gasteiger partial charge in [-0.2, -0.15) is 4.99 Å². The third-order valence-electron chi connectivity index (χ3n) is 4.55. The summed E-state index contributed by atoms with van der Waals surface area (Å²) in [7, 11) is 0. The van der Waals surface area contributed by atoms with Crippen LogP contribution in [0.5, 0.6) is 0 Å². The summed E-state index contributed by atoms with van der Waals surface area (Å²) in [6.07, 6.45) is -0.0429. The second-order valence-corrected chi connectivity index (χ2v) is 7.58. The quantitative estimate of drug-likeness (QED) is 0.415. The maximum absolute atomic E-state index is 12.4. The minimum Gasteiger partial charge on any atom is -0.478 e. The van der Waals surface area contributed by atoms with Gasteiger partial charge in [0.1, 0.15) is 6.61 Å². The molecule has 0 spiro atoms. The average molecular weight is 458 g/mol. The summed E-state index contributed by atoms with van der Waals surface area (Å²) < 4.78 is 6.17. The largest absolute Gasteiger partial charge is 0.478 e. The minimum atomic E-state index is -1.10. The van der Waals surface area contributed by atoms with Crippen molar-refractivity contribution in [2.45, 2.75) is 40.2 Å². The standard InChI is InChI=1S/C23H24BrNO4/c1-4-15(2)21(22(26)27)20(13-18-10-11-19(24)12-16(18)3)25-23(28)29-14-17-8-6-5-7-9-17/h5-12H,4,13-14H2,1-3H3,(H,26,27). The van der Waals surface area contributed by atoms with Crippen molar-refractivity contribution < 1.29 is 19.4 Å². The van der Waals surface area contributed by atoms with Crippen LogP contribution in [-0.2, 0) is 22.6 Å². The van der Waals surface area contributed by atoms with E-state index in [2.05, 4.69) is 20.9 Å². The Balaban J connectivity index is 2.35. The van der Waals surface area contributed by atoms with Crippen LogP contribution >= 0.6 is 15.9 Å². The van der Waals surface area contributed by atoms with Gasteiger partial charge in [-0.25, -0.2) is 9.59 Å². The van der Waals surface area contributed by atoms with Gasteiger partial charge < -0.3 is 9.84 Å².